The smallest absolute Gasteiger partial charge is 0.251 e. The zero-order valence-electron chi connectivity index (χ0n) is 22.4. The molecule has 0 spiro atoms. The molecule has 0 aromatic heterocycles. The predicted molar refractivity (Wildman–Crippen MR) is 151 cm³/mol. The number of fused-ring (bicyclic) bond motifs is 1. The van der Waals surface area contributed by atoms with Gasteiger partial charge in [-0.25, -0.2) is 0 Å². The Morgan fingerprint density at radius 2 is 1.87 bits per heavy atom. The molecule has 200 valence electrons. The molecule has 2 atom stereocenters. The van der Waals surface area contributed by atoms with E-state index < -0.39 is 0 Å². The van der Waals surface area contributed by atoms with E-state index in [0.717, 1.165) is 59.9 Å². The van der Waals surface area contributed by atoms with Crippen LogP contribution in [-0.2, 0) is 9.53 Å². The number of amides is 1. The second-order valence-corrected chi connectivity index (χ2v) is 10.0. The van der Waals surface area contributed by atoms with Gasteiger partial charge in [-0.3, -0.25) is 9.59 Å². The molecule has 2 aliphatic carbocycles. The van der Waals surface area contributed by atoms with Gasteiger partial charge in [-0.05, 0) is 78.8 Å². The number of allylic oxidation sites excluding steroid dienone is 3. The first-order valence-electron chi connectivity index (χ1n) is 13.2. The molecule has 38 heavy (non-hydrogen) atoms. The van der Waals surface area contributed by atoms with E-state index in [9.17, 15) is 9.59 Å². The highest BCUT2D eigenvalue weighted by molar-refractivity contribution is 6.14. The molecule has 1 fully saturated rings. The van der Waals surface area contributed by atoms with E-state index in [1.165, 1.54) is 0 Å². The standard InChI is InChI=1S/C31H37N3O4/c1-20-27(31(36)34-13-14-37-2)11-12-29(32)28(20)19-33-18-21-5-4-6-24(15-21)30(35)25-8-7-23-17-26(38-3)10-9-22(23)16-25/h7-12,16-17,19,21,24,32-33H,4-6,13-15,18H2,1-3H3,(H,34,36)/b28-19-,32-29?. The summed E-state index contributed by atoms with van der Waals surface area (Å²) in [5, 5.41) is 16.7. The van der Waals surface area contributed by atoms with Gasteiger partial charge in [-0.1, -0.05) is 24.6 Å². The van der Waals surface area contributed by atoms with Crippen LogP contribution in [0.5, 0.6) is 5.75 Å². The van der Waals surface area contributed by atoms with E-state index in [4.69, 9.17) is 14.9 Å². The lowest BCUT2D eigenvalue weighted by molar-refractivity contribution is -0.117. The van der Waals surface area contributed by atoms with Gasteiger partial charge >= 0.3 is 0 Å². The predicted octanol–water partition coefficient (Wildman–Crippen LogP) is 4.98. The lowest BCUT2D eigenvalue weighted by Crippen LogP contribution is -2.30. The lowest BCUT2D eigenvalue weighted by atomic mass is 9.77. The van der Waals surface area contributed by atoms with Gasteiger partial charge in [-0.15, -0.1) is 0 Å². The van der Waals surface area contributed by atoms with Gasteiger partial charge in [0, 0.05) is 49.0 Å². The van der Waals surface area contributed by atoms with Crippen LogP contribution in [0.15, 0.2) is 71.5 Å². The molecule has 0 saturated heterocycles. The molecular formula is C31H37N3O4. The second kappa shape index (κ2) is 12.7. The topological polar surface area (TPSA) is 101 Å². The molecule has 2 aromatic rings. The van der Waals surface area contributed by atoms with Gasteiger partial charge < -0.3 is 25.5 Å². The molecule has 1 saturated carbocycles. The fourth-order valence-corrected chi connectivity index (χ4v) is 5.30. The Balaban J connectivity index is 1.37. The molecule has 7 heteroatoms. The third-order valence-corrected chi connectivity index (χ3v) is 7.49. The van der Waals surface area contributed by atoms with Crippen LogP contribution in [0.1, 0.15) is 43.0 Å². The molecule has 2 aliphatic rings. The first-order chi connectivity index (χ1) is 18.4. The van der Waals surface area contributed by atoms with Crippen molar-refractivity contribution in [3.8, 4) is 5.75 Å². The van der Waals surface area contributed by atoms with Crippen molar-refractivity contribution in [2.75, 3.05) is 33.9 Å². The van der Waals surface area contributed by atoms with Gasteiger partial charge in [0.1, 0.15) is 5.75 Å². The van der Waals surface area contributed by atoms with Crippen molar-refractivity contribution in [3.05, 3.63) is 77.0 Å². The highest BCUT2D eigenvalue weighted by Crippen LogP contribution is 2.32. The number of hydrogen-bond donors (Lipinski definition) is 3. The average Bonchev–Trinajstić information content (AvgIpc) is 2.94. The van der Waals surface area contributed by atoms with Crippen molar-refractivity contribution in [2.24, 2.45) is 11.8 Å². The number of hydrogen-bond acceptors (Lipinski definition) is 6. The van der Waals surface area contributed by atoms with Crippen LogP contribution in [0.2, 0.25) is 0 Å². The number of nitrogens with one attached hydrogen (secondary N) is 3. The number of ether oxygens (including phenoxy) is 2. The van der Waals surface area contributed by atoms with Crippen molar-refractivity contribution < 1.29 is 19.1 Å². The Hall–Kier alpha value is -3.71. The highest BCUT2D eigenvalue weighted by atomic mass is 16.5. The maximum absolute atomic E-state index is 13.4. The number of ketones is 1. The molecule has 2 aromatic carbocycles. The summed E-state index contributed by atoms with van der Waals surface area (Å²) < 4.78 is 10.3. The largest absolute Gasteiger partial charge is 0.497 e. The van der Waals surface area contributed by atoms with Crippen molar-refractivity contribution in [2.45, 2.75) is 32.6 Å². The minimum atomic E-state index is -0.171. The minimum Gasteiger partial charge on any atom is -0.497 e. The molecule has 4 rings (SSSR count). The summed E-state index contributed by atoms with van der Waals surface area (Å²) in [5.41, 5.74) is 3.17. The number of carbonyl (C=O) groups excluding carboxylic acids is 2. The number of benzene rings is 2. The molecule has 2 unspecified atom stereocenters. The first kappa shape index (κ1) is 27.3. The lowest BCUT2D eigenvalue weighted by Gasteiger charge is -2.28. The van der Waals surface area contributed by atoms with Crippen LogP contribution in [0, 0.1) is 17.2 Å². The summed E-state index contributed by atoms with van der Waals surface area (Å²) >= 11 is 0. The average molecular weight is 516 g/mol. The third kappa shape index (κ3) is 6.40. The van der Waals surface area contributed by atoms with Gasteiger partial charge in [0.2, 0.25) is 0 Å². The Labute approximate surface area is 224 Å². The quantitative estimate of drug-likeness (QED) is 0.306. The summed E-state index contributed by atoms with van der Waals surface area (Å²) in [5.74, 6) is 1.23. The van der Waals surface area contributed by atoms with Gasteiger partial charge in [0.25, 0.3) is 5.91 Å². The molecule has 0 heterocycles. The zero-order valence-corrected chi connectivity index (χ0v) is 22.4. The minimum absolute atomic E-state index is 0.0128. The van der Waals surface area contributed by atoms with Crippen LogP contribution in [0.4, 0.5) is 0 Å². The Kier molecular flexibility index (Phi) is 9.13. The normalized spacial score (nSPS) is 20.6. The van der Waals surface area contributed by atoms with Crippen molar-refractivity contribution in [1.82, 2.24) is 10.6 Å². The molecule has 0 aliphatic heterocycles. The summed E-state index contributed by atoms with van der Waals surface area (Å²) in [6.45, 7) is 3.48. The highest BCUT2D eigenvalue weighted by Gasteiger charge is 2.28. The van der Waals surface area contributed by atoms with E-state index >= 15 is 0 Å². The van der Waals surface area contributed by atoms with Crippen molar-refractivity contribution in [1.29, 1.82) is 5.41 Å². The van der Waals surface area contributed by atoms with E-state index in [-0.39, 0.29) is 17.6 Å². The molecule has 0 bridgehead atoms. The van der Waals surface area contributed by atoms with E-state index in [1.54, 1.807) is 26.4 Å². The Morgan fingerprint density at radius 3 is 2.66 bits per heavy atom. The molecule has 7 nitrogen and oxygen atoms in total. The summed E-state index contributed by atoms with van der Waals surface area (Å²) in [6.07, 6.45) is 9.03. The molecular weight excluding hydrogens is 478 g/mol. The molecule has 1 amide bonds. The zero-order chi connectivity index (χ0) is 27.1. The summed E-state index contributed by atoms with van der Waals surface area (Å²) in [4.78, 5) is 25.9. The maximum Gasteiger partial charge on any atom is 0.251 e. The molecule has 3 N–H and O–H groups in total. The number of Topliss-reactive ketones (excluding diaryl/α,β-unsaturated/α-hetero) is 1. The van der Waals surface area contributed by atoms with Gasteiger partial charge in [0.15, 0.2) is 5.78 Å². The number of carbonyl (C=O) groups is 2. The first-order valence-corrected chi connectivity index (χ1v) is 13.2. The van der Waals surface area contributed by atoms with Crippen molar-refractivity contribution in [3.63, 3.8) is 0 Å². The fourth-order valence-electron chi connectivity index (χ4n) is 5.30. The van der Waals surface area contributed by atoms with Crippen molar-refractivity contribution >= 4 is 28.2 Å². The SMILES string of the molecule is COCCNC(=O)C1=C(C)/C(=C/NCC2CCCC(C(=O)c3ccc4cc(OC)ccc4c3)C2)C(=N)C=C1. The van der Waals surface area contributed by atoms with Crippen LogP contribution < -0.4 is 15.4 Å². The van der Waals surface area contributed by atoms with Crippen LogP contribution in [0.3, 0.4) is 0 Å². The Morgan fingerprint density at radius 1 is 1.08 bits per heavy atom. The molecule has 0 radical (unpaired) electrons. The monoisotopic (exact) mass is 515 g/mol. The fraction of sp³-hybridized carbons (Fsp3) is 0.387. The van der Waals surface area contributed by atoms with Crippen LogP contribution in [0.25, 0.3) is 10.8 Å². The summed E-state index contributed by atoms with van der Waals surface area (Å²) in [6, 6.07) is 11.8. The number of rotatable bonds is 10. The van der Waals surface area contributed by atoms with Gasteiger partial charge in [0.05, 0.1) is 19.4 Å². The maximum atomic E-state index is 13.4. The summed E-state index contributed by atoms with van der Waals surface area (Å²) in [7, 11) is 3.25. The van der Waals surface area contributed by atoms with E-state index in [1.807, 2.05) is 49.5 Å². The van der Waals surface area contributed by atoms with Gasteiger partial charge in [-0.2, -0.15) is 0 Å². The Bertz CT molecular complexity index is 1310. The third-order valence-electron chi connectivity index (χ3n) is 7.49. The van der Waals surface area contributed by atoms with E-state index in [0.29, 0.717) is 35.9 Å². The van der Waals surface area contributed by atoms with E-state index in [2.05, 4.69) is 10.6 Å². The van der Waals surface area contributed by atoms with Crippen LogP contribution >= 0.6 is 0 Å². The number of methoxy groups -OCH3 is 2. The van der Waals surface area contributed by atoms with Crippen LogP contribution in [-0.4, -0.2) is 51.3 Å². The second-order valence-electron chi connectivity index (χ2n) is 10.0.